The van der Waals surface area contributed by atoms with Crippen LogP contribution in [0.4, 0.5) is 0 Å². The van der Waals surface area contributed by atoms with Crippen LogP contribution in [0.25, 0.3) is 0 Å². The van der Waals surface area contributed by atoms with E-state index >= 15 is 0 Å². The molecule has 0 radical (unpaired) electrons. The number of rotatable bonds is 7. The first-order valence-corrected chi connectivity index (χ1v) is 8.82. The predicted molar refractivity (Wildman–Crippen MR) is 90.4 cm³/mol. The fourth-order valence-electron chi connectivity index (χ4n) is 3.49. The van der Waals surface area contributed by atoms with Crippen molar-refractivity contribution in [2.24, 2.45) is 11.8 Å². The molecule has 5 heteroatoms. The molecule has 2 rings (SSSR count). The average molecular weight is 328 g/mol. The summed E-state index contributed by atoms with van der Waals surface area (Å²) in [7, 11) is 2.39. The number of aliphatic hydroxyl groups is 2. The largest absolute Gasteiger partial charge is 0.392 e. The maximum absolute atomic E-state index is 10.0. The van der Waals surface area contributed by atoms with Gasteiger partial charge in [-0.3, -0.25) is 0 Å². The van der Waals surface area contributed by atoms with Crippen molar-refractivity contribution in [3.63, 3.8) is 0 Å². The van der Waals surface area contributed by atoms with Crippen molar-refractivity contribution in [1.29, 1.82) is 0 Å². The van der Waals surface area contributed by atoms with E-state index < -0.39 is 6.10 Å². The van der Waals surface area contributed by atoms with Gasteiger partial charge < -0.3 is 19.5 Å². The monoisotopic (exact) mass is 328 g/mol. The van der Waals surface area contributed by atoms with E-state index in [9.17, 15) is 5.11 Å². The van der Waals surface area contributed by atoms with Crippen LogP contribution in [0.15, 0.2) is 24.3 Å². The lowest BCUT2D eigenvalue weighted by Crippen LogP contribution is -2.24. The summed E-state index contributed by atoms with van der Waals surface area (Å²) in [5.74, 6) is 0.636. The first-order chi connectivity index (χ1) is 10.8. The molecule has 1 saturated heterocycles. The fraction of sp³-hybridized carbons (Fsp3) is 0.765. The number of aliphatic hydroxyl groups excluding tert-OH is 2. The Bertz CT molecular complexity index is 366. The number of hydrogen-bond acceptors (Lipinski definition) is 4. The zero-order valence-corrected chi connectivity index (χ0v) is 14.3. The minimum absolute atomic E-state index is 0.0365. The maximum Gasteiger partial charge on any atom is 0.0832 e. The first kappa shape index (κ1) is 18.1. The van der Waals surface area contributed by atoms with Crippen LogP contribution in [-0.2, 0) is 9.26 Å². The van der Waals surface area contributed by atoms with E-state index in [0.29, 0.717) is 18.9 Å². The zero-order chi connectivity index (χ0) is 15.8. The van der Waals surface area contributed by atoms with Gasteiger partial charge in [0.25, 0.3) is 0 Å². The Morgan fingerprint density at radius 1 is 1.23 bits per heavy atom. The summed E-state index contributed by atoms with van der Waals surface area (Å²) in [6, 6.07) is 0. The van der Waals surface area contributed by atoms with Gasteiger partial charge in [-0.25, -0.2) is 0 Å². The van der Waals surface area contributed by atoms with E-state index in [1.165, 1.54) is 32.1 Å². The minimum atomic E-state index is -0.442. The second-order valence-electron chi connectivity index (χ2n) is 6.30. The lowest BCUT2D eigenvalue weighted by molar-refractivity contribution is 0.106. The molecule has 0 aromatic rings. The van der Waals surface area contributed by atoms with Crippen molar-refractivity contribution in [2.75, 3.05) is 13.2 Å². The molecule has 2 N–H and O–H groups in total. The molecule has 0 aromatic carbocycles. The van der Waals surface area contributed by atoms with E-state index in [0.717, 1.165) is 0 Å². The minimum Gasteiger partial charge on any atom is -0.392 e. The van der Waals surface area contributed by atoms with Gasteiger partial charge >= 0.3 is 0 Å². The van der Waals surface area contributed by atoms with Crippen molar-refractivity contribution in [2.45, 2.75) is 56.8 Å². The van der Waals surface area contributed by atoms with E-state index in [1.807, 2.05) is 6.08 Å². The SMILES string of the molecule is OC/C=C\C[C@H]1C(O)CO[C@@H]1/C=C/C(OP)C1CCCCC1. The van der Waals surface area contributed by atoms with Crippen LogP contribution in [0.2, 0.25) is 0 Å². The van der Waals surface area contributed by atoms with Crippen LogP contribution in [0.5, 0.6) is 0 Å². The molecule has 22 heavy (non-hydrogen) atoms. The van der Waals surface area contributed by atoms with Crippen molar-refractivity contribution < 1.29 is 19.5 Å². The summed E-state index contributed by atoms with van der Waals surface area (Å²) < 4.78 is 11.3. The molecule has 3 unspecified atom stereocenters. The standard InChI is InChI=1S/C17H29O4P/c18-11-5-4-8-14-15(19)12-20-17(14)10-9-16(21-22)13-6-2-1-3-7-13/h4-5,9-10,13-19H,1-3,6-8,11-12,22H2/b5-4-,10-9+/t14-,15?,16?,17+/m0/s1. The first-order valence-electron chi connectivity index (χ1n) is 8.35. The maximum atomic E-state index is 10.0. The zero-order valence-electron chi connectivity index (χ0n) is 13.1. The Morgan fingerprint density at radius 3 is 2.68 bits per heavy atom. The third kappa shape index (κ3) is 5.14. The van der Waals surface area contributed by atoms with Gasteiger partial charge in [0.2, 0.25) is 0 Å². The summed E-state index contributed by atoms with van der Waals surface area (Å²) >= 11 is 0. The molecule has 0 aromatic heterocycles. The summed E-state index contributed by atoms with van der Waals surface area (Å²) in [5.41, 5.74) is 0. The van der Waals surface area contributed by atoms with Crippen molar-refractivity contribution in [3.05, 3.63) is 24.3 Å². The topological polar surface area (TPSA) is 58.9 Å². The van der Waals surface area contributed by atoms with Crippen LogP contribution in [0, 0.1) is 11.8 Å². The highest BCUT2D eigenvalue weighted by atomic mass is 31.0. The summed E-state index contributed by atoms with van der Waals surface area (Å²) in [5, 5.41) is 18.9. The van der Waals surface area contributed by atoms with Gasteiger partial charge in [-0.15, -0.1) is 0 Å². The lowest BCUT2D eigenvalue weighted by Gasteiger charge is -2.27. The number of ether oxygens (including phenoxy) is 1. The predicted octanol–water partition coefficient (Wildman–Crippen LogP) is 2.61. The molecule has 1 saturated carbocycles. The highest BCUT2D eigenvalue weighted by Crippen LogP contribution is 2.31. The molecule has 5 atom stereocenters. The Kier molecular flexibility index (Phi) is 8.05. The van der Waals surface area contributed by atoms with E-state index in [2.05, 4.69) is 21.6 Å². The van der Waals surface area contributed by atoms with Gasteiger partial charge in [-0.2, -0.15) is 0 Å². The Labute approximate surface area is 135 Å². The van der Waals surface area contributed by atoms with Gasteiger partial charge in [-0.1, -0.05) is 43.6 Å². The van der Waals surface area contributed by atoms with Gasteiger partial charge in [0.1, 0.15) is 0 Å². The lowest BCUT2D eigenvalue weighted by atomic mass is 9.84. The van der Waals surface area contributed by atoms with E-state index in [4.69, 9.17) is 14.4 Å². The Balaban J connectivity index is 1.92. The van der Waals surface area contributed by atoms with Crippen LogP contribution < -0.4 is 0 Å². The summed E-state index contributed by atoms with van der Waals surface area (Å²) in [6.07, 6.45) is 14.4. The van der Waals surface area contributed by atoms with Crippen LogP contribution in [0.1, 0.15) is 38.5 Å². The second-order valence-corrected chi connectivity index (χ2v) is 6.57. The molecule has 4 nitrogen and oxygen atoms in total. The van der Waals surface area contributed by atoms with Crippen LogP contribution in [0.3, 0.4) is 0 Å². The van der Waals surface area contributed by atoms with Crippen LogP contribution >= 0.6 is 9.47 Å². The van der Waals surface area contributed by atoms with Gasteiger partial charge in [-0.05, 0) is 25.2 Å². The fourth-order valence-corrected chi connectivity index (χ4v) is 3.80. The summed E-state index contributed by atoms with van der Waals surface area (Å²) in [4.78, 5) is 0. The third-order valence-electron chi connectivity index (χ3n) is 4.82. The third-order valence-corrected chi connectivity index (χ3v) is 5.13. The molecule has 1 heterocycles. The van der Waals surface area contributed by atoms with Crippen molar-refractivity contribution in [3.8, 4) is 0 Å². The van der Waals surface area contributed by atoms with Crippen molar-refractivity contribution >= 4 is 9.47 Å². The second kappa shape index (κ2) is 9.79. The van der Waals surface area contributed by atoms with Gasteiger partial charge in [0.05, 0.1) is 31.5 Å². The number of hydrogen-bond donors (Lipinski definition) is 2. The van der Waals surface area contributed by atoms with Crippen LogP contribution in [-0.4, -0.2) is 41.7 Å². The normalized spacial score (nSPS) is 32.2. The molecule has 1 aliphatic heterocycles. The summed E-state index contributed by atoms with van der Waals surface area (Å²) in [6.45, 7) is 0.414. The molecular formula is C17H29O4P. The van der Waals surface area contributed by atoms with Crippen molar-refractivity contribution in [1.82, 2.24) is 0 Å². The Morgan fingerprint density at radius 2 is 2.00 bits per heavy atom. The van der Waals surface area contributed by atoms with E-state index in [1.54, 1.807) is 6.08 Å². The highest BCUT2D eigenvalue weighted by Gasteiger charge is 2.34. The quantitative estimate of drug-likeness (QED) is 0.557. The number of allylic oxidation sites excluding steroid dienone is 1. The highest BCUT2D eigenvalue weighted by molar-refractivity contribution is 7.09. The molecular weight excluding hydrogens is 299 g/mol. The molecule has 126 valence electrons. The van der Waals surface area contributed by atoms with E-state index in [-0.39, 0.29) is 24.7 Å². The molecule has 2 aliphatic rings. The Hall–Kier alpha value is -0.250. The molecule has 2 fully saturated rings. The average Bonchev–Trinajstić information content (AvgIpc) is 2.90. The van der Waals surface area contributed by atoms with Gasteiger partial charge in [0, 0.05) is 15.4 Å². The van der Waals surface area contributed by atoms with Gasteiger partial charge in [0.15, 0.2) is 0 Å². The molecule has 0 spiro atoms. The molecule has 1 aliphatic carbocycles. The molecule has 0 bridgehead atoms. The smallest absolute Gasteiger partial charge is 0.0832 e. The molecule has 0 amide bonds.